The summed E-state index contributed by atoms with van der Waals surface area (Å²) in [7, 11) is 5.27. The van der Waals surface area contributed by atoms with Gasteiger partial charge in [-0.2, -0.15) is 0 Å². The minimum absolute atomic E-state index is 0.118. The molecule has 0 spiro atoms. The van der Waals surface area contributed by atoms with Gasteiger partial charge in [-0.1, -0.05) is 36.4 Å². The molecule has 0 aliphatic carbocycles. The Bertz CT molecular complexity index is 1440. The molecule has 0 bridgehead atoms. The van der Waals surface area contributed by atoms with Crippen LogP contribution >= 0.6 is 0 Å². The SMILES string of the molecule is COC(=O)c1ccc2c(c1)NC(=O)C2=C(Nc1ccc(N(C)C(=O)CC2CCN(C)CC2)cc1)c1ccccc1. The van der Waals surface area contributed by atoms with E-state index >= 15 is 0 Å². The van der Waals surface area contributed by atoms with Crippen LogP contribution in [0.3, 0.4) is 0 Å². The van der Waals surface area contributed by atoms with E-state index in [0.29, 0.717) is 40.4 Å². The summed E-state index contributed by atoms with van der Waals surface area (Å²) in [5, 5.41) is 6.33. The zero-order valence-electron chi connectivity index (χ0n) is 23.1. The van der Waals surface area contributed by atoms with Crippen molar-refractivity contribution >= 4 is 46.1 Å². The molecule has 3 aromatic rings. The molecule has 2 amide bonds. The van der Waals surface area contributed by atoms with Gasteiger partial charge in [0.25, 0.3) is 5.91 Å². The van der Waals surface area contributed by atoms with Gasteiger partial charge in [0.05, 0.1) is 29.6 Å². The van der Waals surface area contributed by atoms with Gasteiger partial charge in [0, 0.05) is 30.4 Å². The largest absolute Gasteiger partial charge is 0.465 e. The average molecular weight is 539 g/mol. The monoisotopic (exact) mass is 538 g/mol. The first-order valence-corrected chi connectivity index (χ1v) is 13.5. The first kappa shape index (κ1) is 27.1. The molecule has 2 heterocycles. The van der Waals surface area contributed by atoms with Crippen LogP contribution in [0.25, 0.3) is 11.3 Å². The maximum Gasteiger partial charge on any atom is 0.337 e. The Kier molecular flexibility index (Phi) is 7.98. The molecular weight excluding hydrogens is 504 g/mol. The zero-order chi connectivity index (χ0) is 28.2. The fourth-order valence-electron chi connectivity index (χ4n) is 5.26. The van der Waals surface area contributed by atoms with E-state index in [9.17, 15) is 14.4 Å². The number of amides is 2. The number of methoxy groups -OCH3 is 1. The van der Waals surface area contributed by atoms with Crippen LogP contribution in [0.5, 0.6) is 0 Å². The number of nitrogens with zero attached hydrogens (tertiary/aromatic N) is 2. The maximum atomic E-state index is 13.2. The Balaban J connectivity index is 1.40. The van der Waals surface area contributed by atoms with Crippen LogP contribution in [0.2, 0.25) is 0 Å². The highest BCUT2D eigenvalue weighted by molar-refractivity contribution is 6.37. The van der Waals surface area contributed by atoms with Gasteiger partial charge in [-0.25, -0.2) is 4.79 Å². The van der Waals surface area contributed by atoms with E-state index in [1.165, 1.54) is 7.11 Å². The number of hydrogen-bond acceptors (Lipinski definition) is 6. The summed E-state index contributed by atoms with van der Waals surface area (Å²) >= 11 is 0. The third-order valence-electron chi connectivity index (χ3n) is 7.70. The smallest absolute Gasteiger partial charge is 0.337 e. The maximum absolute atomic E-state index is 13.2. The molecule has 8 nitrogen and oxygen atoms in total. The van der Waals surface area contributed by atoms with Gasteiger partial charge in [-0.15, -0.1) is 0 Å². The van der Waals surface area contributed by atoms with Crippen molar-refractivity contribution in [2.45, 2.75) is 19.3 Å². The number of nitrogens with one attached hydrogen (secondary N) is 2. The third kappa shape index (κ3) is 5.77. The standard InChI is InChI=1S/C32H34N4O4/c1-35-17-15-21(16-18-35)19-28(37)36(2)25-12-10-24(11-13-25)33-30(22-7-5-4-6-8-22)29-26-14-9-23(32(39)40-3)20-27(26)34-31(29)38/h4-14,20-21,33H,15-19H2,1-3H3,(H,34,38). The number of likely N-dealkylation sites (tertiary alicyclic amines) is 1. The number of carbonyl (C=O) groups excluding carboxylic acids is 3. The molecule has 0 radical (unpaired) electrons. The summed E-state index contributed by atoms with van der Waals surface area (Å²) < 4.78 is 4.83. The van der Waals surface area contributed by atoms with Crippen molar-refractivity contribution in [1.82, 2.24) is 4.90 Å². The lowest BCUT2D eigenvalue weighted by Gasteiger charge is -2.29. The van der Waals surface area contributed by atoms with E-state index < -0.39 is 5.97 Å². The van der Waals surface area contributed by atoms with E-state index in [-0.39, 0.29) is 11.8 Å². The average Bonchev–Trinajstić information content (AvgIpc) is 3.31. The zero-order valence-corrected chi connectivity index (χ0v) is 23.1. The quantitative estimate of drug-likeness (QED) is 0.321. The van der Waals surface area contributed by atoms with Crippen molar-refractivity contribution in [2.24, 2.45) is 5.92 Å². The summed E-state index contributed by atoms with van der Waals surface area (Å²) in [5.41, 5.74) is 5.16. The molecule has 40 heavy (non-hydrogen) atoms. The van der Waals surface area contributed by atoms with E-state index in [1.807, 2.05) is 61.6 Å². The van der Waals surface area contributed by atoms with Crippen molar-refractivity contribution in [3.63, 3.8) is 0 Å². The molecule has 0 atom stereocenters. The third-order valence-corrected chi connectivity index (χ3v) is 7.70. The Morgan fingerprint density at radius 2 is 1.70 bits per heavy atom. The van der Waals surface area contributed by atoms with E-state index in [2.05, 4.69) is 22.6 Å². The summed E-state index contributed by atoms with van der Waals surface area (Å²) in [6, 6.07) is 22.3. The van der Waals surface area contributed by atoms with Crippen molar-refractivity contribution in [1.29, 1.82) is 0 Å². The van der Waals surface area contributed by atoms with Crippen molar-refractivity contribution in [3.8, 4) is 0 Å². The highest BCUT2D eigenvalue weighted by atomic mass is 16.5. The molecule has 1 saturated heterocycles. The van der Waals surface area contributed by atoms with Crippen LogP contribution in [0, 0.1) is 5.92 Å². The number of rotatable bonds is 7. The molecular formula is C32H34N4O4. The van der Waals surface area contributed by atoms with Gasteiger partial charge >= 0.3 is 5.97 Å². The van der Waals surface area contributed by atoms with E-state index in [0.717, 1.165) is 42.9 Å². The lowest BCUT2D eigenvalue weighted by atomic mass is 9.93. The van der Waals surface area contributed by atoms with Crippen molar-refractivity contribution in [2.75, 3.05) is 49.8 Å². The summed E-state index contributed by atoms with van der Waals surface area (Å²) in [4.78, 5) is 42.2. The molecule has 2 aliphatic rings. The fourth-order valence-corrected chi connectivity index (χ4v) is 5.26. The predicted molar refractivity (Wildman–Crippen MR) is 158 cm³/mol. The van der Waals surface area contributed by atoms with Crippen LogP contribution in [-0.2, 0) is 14.3 Å². The first-order chi connectivity index (χ1) is 19.3. The molecule has 2 N–H and O–H groups in total. The van der Waals surface area contributed by atoms with Gasteiger partial charge in [-0.05, 0) is 80.9 Å². The fraction of sp³-hybridized carbons (Fsp3) is 0.281. The molecule has 3 aromatic carbocycles. The lowest BCUT2D eigenvalue weighted by molar-refractivity contribution is -0.119. The Morgan fingerprint density at radius 1 is 1.00 bits per heavy atom. The number of fused-ring (bicyclic) bond motifs is 1. The summed E-state index contributed by atoms with van der Waals surface area (Å²) in [6.07, 6.45) is 2.66. The number of benzene rings is 3. The second-order valence-electron chi connectivity index (χ2n) is 10.4. The molecule has 0 unspecified atom stereocenters. The predicted octanol–water partition coefficient (Wildman–Crippen LogP) is 5.10. The second kappa shape index (κ2) is 11.8. The molecule has 2 aliphatic heterocycles. The minimum Gasteiger partial charge on any atom is -0.465 e. The number of ether oxygens (including phenoxy) is 1. The van der Waals surface area contributed by atoms with Crippen LogP contribution in [0.15, 0.2) is 72.8 Å². The number of anilines is 3. The summed E-state index contributed by atoms with van der Waals surface area (Å²) in [6.45, 7) is 2.08. The second-order valence-corrected chi connectivity index (χ2v) is 10.4. The molecule has 0 aromatic heterocycles. The van der Waals surface area contributed by atoms with Crippen LogP contribution in [0.4, 0.5) is 17.1 Å². The highest BCUT2D eigenvalue weighted by Crippen LogP contribution is 2.38. The molecule has 1 fully saturated rings. The lowest BCUT2D eigenvalue weighted by Crippen LogP contribution is -2.34. The normalized spacial score (nSPS) is 16.6. The van der Waals surface area contributed by atoms with Gasteiger partial charge < -0.3 is 25.2 Å². The number of esters is 1. The highest BCUT2D eigenvalue weighted by Gasteiger charge is 2.29. The van der Waals surface area contributed by atoms with Crippen LogP contribution in [0.1, 0.15) is 40.7 Å². The Hall–Kier alpha value is -4.43. The topological polar surface area (TPSA) is 91.0 Å². The van der Waals surface area contributed by atoms with E-state index in [1.54, 1.807) is 23.1 Å². The molecule has 0 saturated carbocycles. The van der Waals surface area contributed by atoms with Gasteiger partial charge in [0.15, 0.2) is 0 Å². The first-order valence-electron chi connectivity index (χ1n) is 13.5. The van der Waals surface area contributed by atoms with E-state index in [4.69, 9.17) is 4.74 Å². The van der Waals surface area contributed by atoms with Crippen LogP contribution in [-0.4, -0.2) is 57.0 Å². The Morgan fingerprint density at radius 3 is 2.38 bits per heavy atom. The Labute approximate surface area is 234 Å². The molecule has 8 heteroatoms. The van der Waals surface area contributed by atoms with Crippen molar-refractivity contribution < 1.29 is 19.1 Å². The number of hydrogen-bond donors (Lipinski definition) is 2. The molecule has 5 rings (SSSR count). The number of carbonyl (C=O) groups is 3. The van der Waals surface area contributed by atoms with Gasteiger partial charge in [0.1, 0.15) is 0 Å². The summed E-state index contributed by atoms with van der Waals surface area (Å²) in [5.74, 6) is -0.186. The minimum atomic E-state index is -0.467. The number of piperidine rings is 1. The van der Waals surface area contributed by atoms with Gasteiger partial charge in [-0.3, -0.25) is 9.59 Å². The van der Waals surface area contributed by atoms with Crippen LogP contribution < -0.4 is 15.5 Å². The van der Waals surface area contributed by atoms with Crippen molar-refractivity contribution in [3.05, 3.63) is 89.5 Å². The van der Waals surface area contributed by atoms with Gasteiger partial charge in [0.2, 0.25) is 5.91 Å². The molecule has 206 valence electrons.